The van der Waals surface area contributed by atoms with Crippen molar-refractivity contribution in [3.63, 3.8) is 0 Å². The highest BCUT2D eigenvalue weighted by molar-refractivity contribution is 9.10. The molecule has 1 aliphatic rings. The Bertz CT molecular complexity index is 369. The molecular formula is C14H21BrN2O. The lowest BCUT2D eigenvalue weighted by atomic mass is 10.0. The molecule has 1 aromatic rings. The summed E-state index contributed by atoms with van der Waals surface area (Å²) in [6.07, 6.45) is 2.44. The summed E-state index contributed by atoms with van der Waals surface area (Å²) in [6.45, 7) is 3.19. The van der Waals surface area contributed by atoms with Crippen molar-refractivity contribution in [3.8, 4) is 0 Å². The smallest absolute Gasteiger partial charge is 0.0558 e. The number of anilines is 1. The second kappa shape index (κ2) is 6.55. The van der Waals surface area contributed by atoms with Gasteiger partial charge in [-0.3, -0.25) is 4.90 Å². The molecule has 100 valence electrons. The van der Waals surface area contributed by atoms with Gasteiger partial charge in [-0.2, -0.15) is 0 Å². The zero-order chi connectivity index (χ0) is 13.0. The molecule has 0 aliphatic carbocycles. The summed E-state index contributed by atoms with van der Waals surface area (Å²) >= 11 is 3.47. The molecule has 1 unspecified atom stereocenters. The van der Waals surface area contributed by atoms with E-state index < -0.39 is 0 Å². The van der Waals surface area contributed by atoms with Gasteiger partial charge in [0.25, 0.3) is 0 Å². The monoisotopic (exact) mass is 312 g/mol. The zero-order valence-electron chi connectivity index (χ0n) is 10.8. The van der Waals surface area contributed by atoms with Crippen LogP contribution in [0.2, 0.25) is 0 Å². The van der Waals surface area contributed by atoms with E-state index in [1.807, 2.05) is 0 Å². The summed E-state index contributed by atoms with van der Waals surface area (Å²) < 4.78 is 1.12. The molecule has 1 N–H and O–H groups in total. The lowest BCUT2D eigenvalue weighted by Gasteiger charge is -2.38. The van der Waals surface area contributed by atoms with E-state index >= 15 is 0 Å². The highest BCUT2D eigenvalue weighted by Crippen LogP contribution is 2.23. The Hall–Kier alpha value is -0.580. The fraction of sp³-hybridized carbons (Fsp3) is 0.571. The number of hydrogen-bond donors (Lipinski definition) is 1. The van der Waals surface area contributed by atoms with Crippen LogP contribution < -0.4 is 4.90 Å². The van der Waals surface area contributed by atoms with Crippen molar-refractivity contribution in [1.82, 2.24) is 4.90 Å². The largest absolute Gasteiger partial charge is 0.395 e. The molecule has 1 fully saturated rings. The van der Waals surface area contributed by atoms with Gasteiger partial charge in [0.05, 0.1) is 6.61 Å². The van der Waals surface area contributed by atoms with E-state index in [0.29, 0.717) is 6.04 Å². The quantitative estimate of drug-likeness (QED) is 0.924. The van der Waals surface area contributed by atoms with Crippen LogP contribution in [0.1, 0.15) is 12.8 Å². The summed E-state index contributed by atoms with van der Waals surface area (Å²) in [5, 5.41) is 9.02. The Kier molecular flexibility index (Phi) is 5.03. The number of nitrogens with zero attached hydrogens (tertiary/aromatic N) is 2. The lowest BCUT2D eigenvalue weighted by Crippen LogP contribution is -2.47. The third-order valence-electron chi connectivity index (χ3n) is 3.66. The van der Waals surface area contributed by atoms with Gasteiger partial charge < -0.3 is 10.0 Å². The normalized spacial score (nSPS) is 20.4. The molecule has 1 saturated heterocycles. The molecule has 2 rings (SSSR count). The molecule has 0 spiro atoms. The molecule has 0 aromatic heterocycles. The molecule has 1 atom stereocenters. The van der Waals surface area contributed by atoms with Crippen LogP contribution in [0, 0.1) is 0 Å². The number of rotatable bonds is 4. The molecule has 1 aromatic carbocycles. The SMILES string of the molecule is CN(CCO)C1CCCN(c2ccc(Br)cc2)C1. The number of halogens is 1. The van der Waals surface area contributed by atoms with E-state index in [2.05, 4.69) is 57.0 Å². The molecule has 0 saturated carbocycles. The first-order chi connectivity index (χ1) is 8.70. The molecule has 1 aliphatic heterocycles. The van der Waals surface area contributed by atoms with Crippen LogP contribution in [-0.2, 0) is 0 Å². The Labute approximate surface area is 118 Å². The molecular weight excluding hydrogens is 292 g/mol. The topological polar surface area (TPSA) is 26.7 Å². The van der Waals surface area contributed by atoms with Crippen molar-refractivity contribution in [2.24, 2.45) is 0 Å². The molecule has 3 nitrogen and oxygen atoms in total. The van der Waals surface area contributed by atoms with Crippen LogP contribution in [0.15, 0.2) is 28.7 Å². The van der Waals surface area contributed by atoms with Gasteiger partial charge in [-0.1, -0.05) is 15.9 Å². The average molecular weight is 313 g/mol. The third kappa shape index (κ3) is 3.46. The van der Waals surface area contributed by atoms with Crippen molar-refractivity contribution < 1.29 is 5.11 Å². The van der Waals surface area contributed by atoms with E-state index in [1.165, 1.54) is 18.5 Å². The minimum Gasteiger partial charge on any atom is -0.395 e. The Balaban J connectivity index is 2.00. The molecule has 18 heavy (non-hydrogen) atoms. The Morgan fingerprint density at radius 1 is 1.39 bits per heavy atom. The van der Waals surface area contributed by atoms with Crippen LogP contribution in [0.3, 0.4) is 0 Å². The van der Waals surface area contributed by atoms with Crippen molar-refractivity contribution in [2.45, 2.75) is 18.9 Å². The van der Waals surface area contributed by atoms with E-state index in [4.69, 9.17) is 5.11 Å². The van der Waals surface area contributed by atoms with Gasteiger partial charge in [-0.25, -0.2) is 0 Å². The molecule has 1 heterocycles. The van der Waals surface area contributed by atoms with Crippen molar-refractivity contribution in [2.75, 3.05) is 38.2 Å². The molecule has 4 heteroatoms. The van der Waals surface area contributed by atoms with Gasteiger partial charge in [-0.15, -0.1) is 0 Å². The maximum atomic E-state index is 9.02. The molecule has 0 radical (unpaired) electrons. The summed E-state index contributed by atoms with van der Waals surface area (Å²) in [5.41, 5.74) is 1.29. The summed E-state index contributed by atoms with van der Waals surface area (Å²) in [6, 6.07) is 9.07. The first-order valence-electron chi connectivity index (χ1n) is 6.52. The lowest BCUT2D eigenvalue weighted by molar-refractivity contribution is 0.166. The predicted octanol–water partition coefficient (Wildman–Crippen LogP) is 2.34. The van der Waals surface area contributed by atoms with Crippen LogP contribution >= 0.6 is 15.9 Å². The maximum Gasteiger partial charge on any atom is 0.0558 e. The highest BCUT2D eigenvalue weighted by Gasteiger charge is 2.22. The van der Waals surface area contributed by atoms with Crippen molar-refractivity contribution >= 4 is 21.6 Å². The fourth-order valence-electron chi connectivity index (χ4n) is 2.54. The molecule has 0 bridgehead atoms. The fourth-order valence-corrected chi connectivity index (χ4v) is 2.81. The number of aliphatic hydroxyl groups excluding tert-OH is 1. The maximum absolute atomic E-state index is 9.02. The minimum absolute atomic E-state index is 0.241. The standard InChI is InChI=1S/C14H21BrN2O/c1-16(9-10-18)14-3-2-8-17(11-14)13-6-4-12(15)5-7-13/h4-7,14,18H,2-3,8-11H2,1H3. The van der Waals surface area contributed by atoms with E-state index in [9.17, 15) is 0 Å². The molecule has 0 amide bonds. The predicted molar refractivity (Wildman–Crippen MR) is 79.1 cm³/mol. The van der Waals surface area contributed by atoms with Crippen molar-refractivity contribution in [3.05, 3.63) is 28.7 Å². The second-order valence-corrected chi connectivity index (χ2v) is 5.84. The average Bonchev–Trinajstić information content (AvgIpc) is 2.40. The Morgan fingerprint density at radius 3 is 2.78 bits per heavy atom. The van der Waals surface area contributed by atoms with Gasteiger partial charge in [0.1, 0.15) is 0 Å². The van der Waals surface area contributed by atoms with Crippen LogP contribution in [-0.4, -0.2) is 49.3 Å². The number of likely N-dealkylation sites (N-methyl/N-ethyl adjacent to an activating group) is 1. The van der Waals surface area contributed by atoms with Gasteiger partial charge in [0, 0.05) is 35.8 Å². The summed E-state index contributed by atoms with van der Waals surface area (Å²) in [5.74, 6) is 0. The number of hydrogen-bond acceptors (Lipinski definition) is 3. The van der Waals surface area contributed by atoms with Gasteiger partial charge in [0.2, 0.25) is 0 Å². The minimum atomic E-state index is 0.241. The first-order valence-corrected chi connectivity index (χ1v) is 7.31. The number of piperidine rings is 1. The third-order valence-corrected chi connectivity index (χ3v) is 4.19. The zero-order valence-corrected chi connectivity index (χ0v) is 12.4. The van der Waals surface area contributed by atoms with Crippen LogP contribution in [0.4, 0.5) is 5.69 Å². The first kappa shape index (κ1) is 13.8. The Morgan fingerprint density at radius 2 is 2.11 bits per heavy atom. The van der Waals surface area contributed by atoms with Gasteiger partial charge >= 0.3 is 0 Å². The van der Waals surface area contributed by atoms with E-state index in [-0.39, 0.29) is 6.61 Å². The van der Waals surface area contributed by atoms with E-state index in [1.54, 1.807) is 0 Å². The number of aliphatic hydroxyl groups is 1. The van der Waals surface area contributed by atoms with Crippen LogP contribution in [0.25, 0.3) is 0 Å². The summed E-state index contributed by atoms with van der Waals surface area (Å²) in [4.78, 5) is 4.71. The van der Waals surface area contributed by atoms with E-state index in [0.717, 1.165) is 24.1 Å². The van der Waals surface area contributed by atoms with Gasteiger partial charge in [-0.05, 0) is 44.2 Å². The number of benzene rings is 1. The van der Waals surface area contributed by atoms with Crippen molar-refractivity contribution in [1.29, 1.82) is 0 Å². The van der Waals surface area contributed by atoms with Gasteiger partial charge in [0.15, 0.2) is 0 Å². The summed E-state index contributed by atoms with van der Waals surface area (Å²) in [7, 11) is 2.10. The highest BCUT2D eigenvalue weighted by atomic mass is 79.9. The van der Waals surface area contributed by atoms with Crippen LogP contribution in [0.5, 0.6) is 0 Å². The second-order valence-electron chi connectivity index (χ2n) is 4.92.